The molecular weight excluding hydrogens is 390 g/mol. The predicted molar refractivity (Wildman–Crippen MR) is 118 cm³/mol. The largest absolute Gasteiger partial charge is 0.348 e. The lowest BCUT2D eigenvalue weighted by Crippen LogP contribution is -2.60. The molecule has 0 radical (unpaired) electrons. The molecule has 0 spiro atoms. The van der Waals surface area contributed by atoms with Crippen molar-refractivity contribution in [3.63, 3.8) is 0 Å². The first kappa shape index (κ1) is 21.1. The van der Waals surface area contributed by atoms with E-state index in [4.69, 9.17) is 0 Å². The second kappa shape index (κ2) is 9.33. The quantitative estimate of drug-likeness (QED) is 0.783. The normalized spacial score (nSPS) is 18.7. The summed E-state index contributed by atoms with van der Waals surface area (Å²) in [5.74, 6) is -0.0596. The Kier molecular flexibility index (Phi) is 6.35. The van der Waals surface area contributed by atoms with Crippen molar-refractivity contribution >= 4 is 17.7 Å². The summed E-state index contributed by atoms with van der Waals surface area (Å²) in [5, 5.41) is 2.94. The number of benzene rings is 2. The molecule has 31 heavy (non-hydrogen) atoms. The number of nitrogens with zero attached hydrogens (tertiary/aromatic N) is 2. The van der Waals surface area contributed by atoms with E-state index in [1.165, 1.54) is 5.56 Å². The lowest BCUT2D eigenvalue weighted by atomic mass is 9.98. The van der Waals surface area contributed by atoms with Crippen LogP contribution in [0.15, 0.2) is 48.5 Å². The number of amides is 3. The molecule has 162 valence electrons. The highest BCUT2D eigenvalue weighted by Crippen LogP contribution is 2.24. The SMILES string of the molecule is CCc1ccc(CNC(=O)c2ccc(CN3CC(=O)N4CCCC[C@H]4C3=O)cc2)cc1. The number of hydrogen-bond donors (Lipinski definition) is 1. The second-order valence-electron chi connectivity index (χ2n) is 8.34. The summed E-state index contributed by atoms with van der Waals surface area (Å²) in [6, 6.07) is 15.2. The van der Waals surface area contributed by atoms with Crippen LogP contribution in [0.3, 0.4) is 0 Å². The van der Waals surface area contributed by atoms with Gasteiger partial charge < -0.3 is 15.1 Å². The summed E-state index contributed by atoms with van der Waals surface area (Å²) in [6.45, 7) is 3.81. The third kappa shape index (κ3) is 4.79. The van der Waals surface area contributed by atoms with E-state index in [1.54, 1.807) is 21.9 Å². The Bertz CT molecular complexity index is 953. The number of nitrogens with one attached hydrogen (secondary N) is 1. The minimum Gasteiger partial charge on any atom is -0.348 e. The fourth-order valence-corrected chi connectivity index (χ4v) is 4.32. The Morgan fingerprint density at radius 3 is 2.35 bits per heavy atom. The van der Waals surface area contributed by atoms with E-state index >= 15 is 0 Å². The summed E-state index contributed by atoms with van der Waals surface area (Å²) in [6.07, 6.45) is 3.71. The summed E-state index contributed by atoms with van der Waals surface area (Å²) in [4.78, 5) is 41.1. The molecule has 6 heteroatoms. The van der Waals surface area contributed by atoms with Crippen LogP contribution in [0.4, 0.5) is 0 Å². The van der Waals surface area contributed by atoms with E-state index in [1.807, 2.05) is 24.3 Å². The van der Waals surface area contributed by atoms with Gasteiger partial charge in [-0.15, -0.1) is 0 Å². The summed E-state index contributed by atoms with van der Waals surface area (Å²) in [7, 11) is 0. The Morgan fingerprint density at radius 2 is 1.65 bits per heavy atom. The van der Waals surface area contributed by atoms with E-state index in [0.29, 0.717) is 25.2 Å². The van der Waals surface area contributed by atoms with Gasteiger partial charge in [0, 0.05) is 25.2 Å². The smallest absolute Gasteiger partial charge is 0.251 e. The van der Waals surface area contributed by atoms with Crippen LogP contribution in [0.2, 0.25) is 0 Å². The minimum absolute atomic E-state index is 0.0345. The number of carbonyl (C=O) groups is 3. The van der Waals surface area contributed by atoms with Gasteiger partial charge in [-0.25, -0.2) is 0 Å². The van der Waals surface area contributed by atoms with Crippen LogP contribution in [0.25, 0.3) is 0 Å². The number of rotatable bonds is 6. The zero-order chi connectivity index (χ0) is 21.8. The maximum Gasteiger partial charge on any atom is 0.251 e. The van der Waals surface area contributed by atoms with Gasteiger partial charge in [0.05, 0.1) is 0 Å². The molecule has 2 heterocycles. The molecule has 0 aliphatic carbocycles. The maximum atomic E-state index is 12.8. The highest BCUT2D eigenvalue weighted by atomic mass is 16.2. The molecule has 2 saturated heterocycles. The molecule has 4 rings (SSSR count). The number of piperidine rings is 1. The average molecular weight is 420 g/mol. The molecular formula is C25H29N3O3. The molecule has 6 nitrogen and oxygen atoms in total. The van der Waals surface area contributed by atoms with Gasteiger partial charge in [-0.3, -0.25) is 14.4 Å². The van der Waals surface area contributed by atoms with E-state index in [-0.39, 0.29) is 30.3 Å². The van der Waals surface area contributed by atoms with Gasteiger partial charge in [0.15, 0.2) is 0 Å². The van der Waals surface area contributed by atoms with Crippen molar-refractivity contribution in [3.8, 4) is 0 Å². The van der Waals surface area contributed by atoms with E-state index < -0.39 is 0 Å². The summed E-state index contributed by atoms with van der Waals surface area (Å²) < 4.78 is 0. The summed E-state index contributed by atoms with van der Waals surface area (Å²) >= 11 is 0. The second-order valence-corrected chi connectivity index (χ2v) is 8.34. The number of carbonyl (C=O) groups excluding carboxylic acids is 3. The van der Waals surface area contributed by atoms with Gasteiger partial charge in [-0.05, 0) is 54.5 Å². The highest BCUT2D eigenvalue weighted by Gasteiger charge is 2.40. The fraction of sp³-hybridized carbons (Fsp3) is 0.400. The summed E-state index contributed by atoms with van der Waals surface area (Å²) in [5.41, 5.74) is 3.83. The molecule has 2 aromatic carbocycles. The first-order chi connectivity index (χ1) is 15.0. The average Bonchev–Trinajstić information content (AvgIpc) is 2.81. The molecule has 2 aliphatic heterocycles. The van der Waals surface area contributed by atoms with Crippen molar-refractivity contribution in [2.75, 3.05) is 13.1 Å². The zero-order valence-corrected chi connectivity index (χ0v) is 18.0. The monoisotopic (exact) mass is 419 g/mol. The van der Waals surface area contributed by atoms with Gasteiger partial charge in [0.25, 0.3) is 5.91 Å². The molecule has 1 atom stereocenters. The van der Waals surface area contributed by atoms with E-state index in [0.717, 1.165) is 36.8 Å². The van der Waals surface area contributed by atoms with Crippen LogP contribution in [0.1, 0.15) is 53.2 Å². The van der Waals surface area contributed by atoms with E-state index in [9.17, 15) is 14.4 Å². The van der Waals surface area contributed by atoms with Crippen molar-refractivity contribution in [1.29, 1.82) is 0 Å². The fourth-order valence-electron chi connectivity index (χ4n) is 4.32. The topological polar surface area (TPSA) is 69.7 Å². The third-order valence-corrected chi connectivity index (χ3v) is 6.22. The molecule has 3 amide bonds. The van der Waals surface area contributed by atoms with Crippen molar-refractivity contribution in [2.24, 2.45) is 0 Å². The van der Waals surface area contributed by atoms with Crippen LogP contribution < -0.4 is 5.32 Å². The number of aryl methyl sites for hydroxylation is 1. The first-order valence-corrected chi connectivity index (χ1v) is 11.1. The minimum atomic E-state index is -0.300. The number of piperazine rings is 1. The molecule has 0 saturated carbocycles. The van der Waals surface area contributed by atoms with Crippen molar-refractivity contribution in [1.82, 2.24) is 15.1 Å². The maximum absolute atomic E-state index is 12.8. The standard InChI is InChI=1S/C25H29N3O3/c1-2-18-6-8-19(9-7-18)15-26-24(30)21-12-10-20(11-13-21)16-27-17-23(29)28-14-4-3-5-22(28)25(27)31/h6-13,22H,2-5,14-17H2,1H3,(H,26,30)/t22-/m0/s1. The van der Waals surface area contributed by atoms with Gasteiger partial charge in [-0.2, -0.15) is 0 Å². The Hall–Kier alpha value is -3.15. The molecule has 2 aliphatic rings. The van der Waals surface area contributed by atoms with Crippen molar-refractivity contribution < 1.29 is 14.4 Å². The molecule has 0 aromatic heterocycles. The van der Waals surface area contributed by atoms with Crippen LogP contribution in [-0.2, 0) is 29.1 Å². The zero-order valence-electron chi connectivity index (χ0n) is 18.0. The van der Waals surface area contributed by atoms with Crippen LogP contribution >= 0.6 is 0 Å². The predicted octanol–water partition coefficient (Wildman–Crippen LogP) is 2.90. The molecule has 1 N–H and O–H groups in total. The lowest BCUT2D eigenvalue weighted by Gasteiger charge is -2.42. The third-order valence-electron chi connectivity index (χ3n) is 6.22. The van der Waals surface area contributed by atoms with Crippen LogP contribution in [0.5, 0.6) is 0 Å². The molecule has 0 unspecified atom stereocenters. The van der Waals surface area contributed by atoms with E-state index in [2.05, 4.69) is 24.4 Å². The van der Waals surface area contributed by atoms with Crippen molar-refractivity contribution in [2.45, 2.75) is 51.7 Å². The Morgan fingerprint density at radius 1 is 0.968 bits per heavy atom. The first-order valence-electron chi connectivity index (χ1n) is 11.1. The highest BCUT2D eigenvalue weighted by molar-refractivity contribution is 5.95. The van der Waals surface area contributed by atoms with Gasteiger partial charge in [0.2, 0.25) is 11.8 Å². The molecule has 2 fully saturated rings. The van der Waals surface area contributed by atoms with Crippen molar-refractivity contribution in [3.05, 3.63) is 70.8 Å². The molecule has 0 bridgehead atoms. The Balaban J connectivity index is 1.33. The Labute approximate surface area is 183 Å². The van der Waals surface area contributed by atoms with Crippen LogP contribution in [-0.4, -0.2) is 46.7 Å². The number of hydrogen-bond acceptors (Lipinski definition) is 3. The molecule has 2 aromatic rings. The van der Waals surface area contributed by atoms with Crippen LogP contribution in [0, 0.1) is 0 Å². The van der Waals surface area contributed by atoms with Gasteiger partial charge in [0.1, 0.15) is 12.6 Å². The lowest BCUT2D eigenvalue weighted by molar-refractivity contribution is -0.158. The van der Waals surface area contributed by atoms with Gasteiger partial charge in [-0.1, -0.05) is 43.3 Å². The van der Waals surface area contributed by atoms with Gasteiger partial charge >= 0.3 is 0 Å². The number of fused-ring (bicyclic) bond motifs is 1.